The maximum Gasteiger partial charge on any atom is 0.174 e. The predicted molar refractivity (Wildman–Crippen MR) is 103 cm³/mol. The van der Waals surface area contributed by atoms with E-state index in [0.29, 0.717) is 6.04 Å². The van der Waals surface area contributed by atoms with E-state index in [1.54, 1.807) is 6.20 Å². The summed E-state index contributed by atoms with van der Waals surface area (Å²) in [5, 5.41) is 4.53. The Morgan fingerprint density at radius 2 is 1.81 bits per heavy atom. The number of rotatable bonds is 4. The molecule has 7 heteroatoms. The fourth-order valence-electron chi connectivity index (χ4n) is 4.15. The molecule has 2 aromatic heterocycles. The molecule has 0 spiro atoms. The third kappa shape index (κ3) is 3.46. The Kier molecular flexibility index (Phi) is 4.91. The molecule has 0 N–H and O–H groups in total. The number of aryl methyl sites for hydroxylation is 2. The summed E-state index contributed by atoms with van der Waals surface area (Å²) < 4.78 is 1.88. The van der Waals surface area contributed by atoms with E-state index in [2.05, 4.69) is 44.7 Å². The van der Waals surface area contributed by atoms with Gasteiger partial charge in [-0.05, 0) is 32.9 Å². The third-order valence-corrected chi connectivity index (χ3v) is 5.69. The molecule has 26 heavy (non-hydrogen) atoms. The largest absolute Gasteiger partial charge is 0.354 e. The quantitative estimate of drug-likeness (QED) is 0.828. The molecule has 0 aromatic carbocycles. The summed E-state index contributed by atoms with van der Waals surface area (Å²) in [5.74, 6) is 1.76. The van der Waals surface area contributed by atoms with Crippen LogP contribution in [0.4, 0.5) is 5.82 Å². The summed E-state index contributed by atoms with van der Waals surface area (Å²) in [4.78, 5) is 16.8. The van der Waals surface area contributed by atoms with Gasteiger partial charge in [-0.2, -0.15) is 5.10 Å². The van der Waals surface area contributed by atoms with Crippen LogP contribution in [-0.2, 0) is 0 Å². The molecule has 0 radical (unpaired) electrons. The first-order chi connectivity index (χ1) is 12.6. The summed E-state index contributed by atoms with van der Waals surface area (Å²) in [5.41, 5.74) is 2.09. The molecular formula is C19H29N7. The molecule has 2 aromatic rings. The fraction of sp³-hybridized carbons (Fsp3) is 0.632. The molecule has 0 saturated carbocycles. The van der Waals surface area contributed by atoms with Gasteiger partial charge in [0.15, 0.2) is 5.82 Å². The average Bonchev–Trinajstić information content (AvgIpc) is 3.28. The molecule has 2 fully saturated rings. The number of nitrogens with zero attached hydrogens (tertiary/aromatic N) is 7. The second-order valence-electron chi connectivity index (χ2n) is 7.43. The smallest absolute Gasteiger partial charge is 0.174 e. The summed E-state index contributed by atoms with van der Waals surface area (Å²) in [7, 11) is 0. The van der Waals surface area contributed by atoms with E-state index in [1.807, 2.05) is 17.8 Å². The van der Waals surface area contributed by atoms with Gasteiger partial charge in [-0.3, -0.25) is 9.88 Å². The predicted octanol–water partition coefficient (Wildman–Crippen LogP) is 1.50. The second kappa shape index (κ2) is 7.32. The van der Waals surface area contributed by atoms with Crippen molar-refractivity contribution in [3.8, 4) is 5.82 Å². The van der Waals surface area contributed by atoms with Gasteiger partial charge >= 0.3 is 0 Å². The van der Waals surface area contributed by atoms with Crippen LogP contribution in [0.3, 0.4) is 0 Å². The van der Waals surface area contributed by atoms with Crippen LogP contribution in [0.5, 0.6) is 0 Å². The minimum Gasteiger partial charge on any atom is -0.354 e. The molecule has 1 atom stereocenters. The van der Waals surface area contributed by atoms with Gasteiger partial charge in [-0.1, -0.05) is 6.92 Å². The van der Waals surface area contributed by atoms with Crippen LogP contribution < -0.4 is 4.90 Å². The van der Waals surface area contributed by atoms with Crippen molar-refractivity contribution >= 4 is 5.82 Å². The van der Waals surface area contributed by atoms with E-state index in [4.69, 9.17) is 4.98 Å². The molecule has 1 unspecified atom stereocenters. The van der Waals surface area contributed by atoms with Crippen molar-refractivity contribution in [3.63, 3.8) is 0 Å². The zero-order chi connectivity index (χ0) is 18.1. The van der Waals surface area contributed by atoms with Crippen molar-refractivity contribution in [2.75, 3.05) is 50.7 Å². The molecule has 2 saturated heterocycles. The topological polar surface area (TPSA) is 53.3 Å². The standard InChI is InChI=1S/C19H29N7/c1-4-23-7-9-24(10-8-23)17-5-6-25(14-17)18-12-20-13-19(21-18)26-16(3)11-15(2)22-26/h11-13,17H,4-10,14H2,1-3H3. The highest BCUT2D eigenvalue weighted by molar-refractivity contribution is 5.41. The maximum absolute atomic E-state index is 4.84. The second-order valence-corrected chi connectivity index (χ2v) is 7.43. The number of anilines is 1. The van der Waals surface area contributed by atoms with Crippen LogP contribution in [0.25, 0.3) is 5.82 Å². The van der Waals surface area contributed by atoms with Crippen molar-refractivity contribution in [2.24, 2.45) is 0 Å². The molecule has 2 aliphatic heterocycles. The van der Waals surface area contributed by atoms with Crippen LogP contribution >= 0.6 is 0 Å². The highest BCUT2D eigenvalue weighted by Crippen LogP contribution is 2.23. The van der Waals surface area contributed by atoms with Crippen LogP contribution in [-0.4, -0.2) is 81.4 Å². The summed E-state index contributed by atoms with van der Waals surface area (Å²) in [6.07, 6.45) is 4.88. The van der Waals surface area contributed by atoms with E-state index in [-0.39, 0.29) is 0 Å². The normalized spacial score (nSPS) is 22.3. The lowest BCUT2D eigenvalue weighted by molar-refractivity contribution is 0.107. The number of piperazine rings is 1. The Bertz CT molecular complexity index is 748. The van der Waals surface area contributed by atoms with Gasteiger partial charge in [0.1, 0.15) is 5.82 Å². The zero-order valence-electron chi connectivity index (χ0n) is 16.1. The van der Waals surface area contributed by atoms with Crippen molar-refractivity contribution in [2.45, 2.75) is 33.2 Å². The number of hydrogen-bond acceptors (Lipinski definition) is 6. The van der Waals surface area contributed by atoms with Gasteiger partial charge < -0.3 is 9.80 Å². The summed E-state index contributed by atoms with van der Waals surface area (Å²) in [6.45, 7) is 14.3. The Morgan fingerprint density at radius 1 is 1.04 bits per heavy atom. The van der Waals surface area contributed by atoms with Crippen LogP contribution in [0.2, 0.25) is 0 Å². The van der Waals surface area contributed by atoms with Crippen molar-refractivity contribution in [1.29, 1.82) is 0 Å². The fourth-order valence-corrected chi connectivity index (χ4v) is 4.15. The van der Waals surface area contributed by atoms with E-state index in [1.165, 1.54) is 39.1 Å². The van der Waals surface area contributed by atoms with Gasteiger partial charge in [0.05, 0.1) is 18.1 Å². The molecule has 2 aliphatic rings. The van der Waals surface area contributed by atoms with Gasteiger partial charge in [0, 0.05) is 51.0 Å². The third-order valence-electron chi connectivity index (χ3n) is 5.69. The van der Waals surface area contributed by atoms with Crippen LogP contribution in [0.15, 0.2) is 18.5 Å². The number of hydrogen-bond donors (Lipinski definition) is 0. The molecular weight excluding hydrogens is 326 g/mol. The maximum atomic E-state index is 4.84. The Balaban J connectivity index is 1.44. The van der Waals surface area contributed by atoms with Crippen molar-refractivity contribution in [3.05, 3.63) is 29.8 Å². The Labute approximate surface area is 155 Å². The first kappa shape index (κ1) is 17.4. The first-order valence-corrected chi connectivity index (χ1v) is 9.71. The first-order valence-electron chi connectivity index (χ1n) is 9.71. The van der Waals surface area contributed by atoms with Crippen molar-refractivity contribution < 1.29 is 0 Å². The lowest BCUT2D eigenvalue weighted by Crippen LogP contribution is -2.50. The van der Waals surface area contributed by atoms with Crippen LogP contribution in [0.1, 0.15) is 24.7 Å². The van der Waals surface area contributed by atoms with E-state index < -0.39 is 0 Å². The minimum atomic E-state index is 0.633. The Morgan fingerprint density at radius 3 is 2.50 bits per heavy atom. The highest BCUT2D eigenvalue weighted by Gasteiger charge is 2.30. The SMILES string of the molecule is CCN1CCN(C2CCN(c3cncc(-n4nc(C)cc4C)n3)C2)CC1. The molecule has 140 valence electrons. The highest BCUT2D eigenvalue weighted by atomic mass is 15.4. The molecule has 4 rings (SSSR count). The monoisotopic (exact) mass is 355 g/mol. The van der Waals surface area contributed by atoms with Crippen molar-refractivity contribution in [1.82, 2.24) is 29.5 Å². The molecule has 4 heterocycles. The average molecular weight is 355 g/mol. The van der Waals surface area contributed by atoms with Gasteiger partial charge in [-0.25, -0.2) is 9.67 Å². The number of aromatic nitrogens is 4. The summed E-state index contributed by atoms with van der Waals surface area (Å²) in [6, 6.07) is 2.70. The summed E-state index contributed by atoms with van der Waals surface area (Å²) >= 11 is 0. The van der Waals surface area contributed by atoms with Gasteiger partial charge in [-0.15, -0.1) is 0 Å². The molecule has 0 aliphatic carbocycles. The lowest BCUT2D eigenvalue weighted by Gasteiger charge is -2.37. The molecule has 0 bridgehead atoms. The van der Waals surface area contributed by atoms with Gasteiger partial charge in [0.2, 0.25) is 0 Å². The zero-order valence-corrected chi connectivity index (χ0v) is 16.1. The van der Waals surface area contributed by atoms with Gasteiger partial charge in [0.25, 0.3) is 0 Å². The lowest BCUT2D eigenvalue weighted by atomic mass is 10.2. The van der Waals surface area contributed by atoms with E-state index in [9.17, 15) is 0 Å². The van der Waals surface area contributed by atoms with Crippen LogP contribution in [0, 0.1) is 13.8 Å². The van der Waals surface area contributed by atoms with E-state index >= 15 is 0 Å². The number of likely N-dealkylation sites (N-methyl/N-ethyl adjacent to an activating group) is 1. The van der Waals surface area contributed by atoms with E-state index in [0.717, 1.165) is 36.1 Å². The minimum absolute atomic E-state index is 0.633. The molecule has 7 nitrogen and oxygen atoms in total. The molecule has 0 amide bonds. The Hall–Kier alpha value is -1.99.